The first-order valence-corrected chi connectivity index (χ1v) is 13.5. The van der Waals surface area contributed by atoms with Gasteiger partial charge in [0.25, 0.3) is 0 Å². The first-order chi connectivity index (χ1) is 15.2. The second kappa shape index (κ2) is 7.09. The third-order valence-corrected chi connectivity index (χ3v) is 12.6. The van der Waals surface area contributed by atoms with Crippen LogP contribution in [0.5, 0.6) is 0 Å². The third-order valence-electron chi connectivity index (χ3n) is 12.6. The number of hydrogen-bond acceptors (Lipinski definition) is 3. The highest BCUT2D eigenvalue weighted by atomic mass is 16.4. The van der Waals surface area contributed by atoms with E-state index in [0.717, 1.165) is 51.4 Å². The number of carboxylic acid groups (broad SMARTS) is 1. The number of allylic oxidation sites excluding steroid dienone is 2. The highest BCUT2D eigenvalue weighted by Crippen LogP contribution is 2.74. The van der Waals surface area contributed by atoms with Crippen molar-refractivity contribution in [1.29, 1.82) is 0 Å². The lowest BCUT2D eigenvalue weighted by Crippen LogP contribution is -2.65. The first kappa shape index (κ1) is 23.9. The van der Waals surface area contributed by atoms with Gasteiger partial charge in [-0.2, -0.15) is 0 Å². The Morgan fingerprint density at radius 3 is 2.30 bits per heavy atom. The molecule has 3 N–H and O–H groups in total. The summed E-state index contributed by atoms with van der Waals surface area (Å²) in [4.78, 5) is 12.7. The summed E-state index contributed by atoms with van der Waals surface area (Å²) in [5, 5.41) is 31.9. The van der Waals surface area contributed by atoms with E-state index in [2.05, 4.69) is 47.6 Å². The molecule has 0 radical (unpaired) electrons. The van der Waals surface area contributed by atoms with Crippen LogP contribution in [0.25, 0.3) is 0 Å². The molecule has 0 spiro atoms. The van der Waals surface area contributed by atoms with E-state index in [1.165, 1.54) is 5.57 Å². The molecule has 5 rings (SSSR count). The van der Waals surface area contributed by atoms with Gasteiger partial charge in [-0.25, -0.2) is 0 Å². The maximum Gasteiger partial charge on any atom is 0.310 e. The molecule has 5 aliphatic carbocycles. The smallest absolute Gasteiger partial charge is 0.310 e. The van der Waals surface area contributed by atoms with Crippen molar-refractivity contribution in [2.75, 3.05) is 0 Å². The van der Waals surface area contributed by atoms with Gasteiger partial charge >= 0.3 is 5.97 Å². The van der Waals surface area contributed by atoms with Crippen LogP contribution < -0.4 is 0 Å². The summed E-state index contributed by atoms with van der Waals surface area (Å²) in [6.45, 7) is 14.1. The summed E-state index contributed by atoms with van der Waals surface area (Å²) in [6.07, 6.45) is 9.62. The van der Waals surface area contributed by atoms with Gasteiger partial charge in [0, 0.05) is 0 Å². The molecule has 186 valence electrons. The molecule has 0 amide bonds. The highest BCUT2D eigenvalue weighted by molar-refractivity contribution is 5.76. The van der Waals surface area contributed by atoms with Crippen LogP contribution in [0.2, 0.25) is 0 Å². The van der Waals surface area contributed by atoms with E-state index in [1.54, 1.807) is 0 Å². The largest absolute Gasteiger partial charge is 0.481 e. The predicted molar refractivity (Wildman–Crippen MR) is 129 cm³/mol. The zero-order valence-corrected chi connectivity index (χ0v) is 21.7. The number of carbonyl (C=O) groups is 1. The van der Waals surface area contributed by atoms with Crippen molar-refractivity contribution in [3.63, 3.8) is 0 Å². The van der Waals surface area contributed by atoms with Crippen molar-refractivity contribution in [3.8, 4) is 0 Å². The number of hydrogen-bond donors (Lipinski definition) is 3. The van der Waals surface area contributed by atoms with Gasteiger partial charge in [-0.05, 0) is 103 Å². The molecule has 0 aromatic carbocycles. The summed E-state index contributed by atoms with van der Waals surface area (Å²) in [5.41, 5.74) is 1.15. The van der Waals surface area contributed by atoms with Crippen LogP contribution in [-0.2, 0) is 4.79 Å². The zero-order valence-electron chi connectivity index (χ0n) is 21.7. The van der Waals surface area contributed by atoms with Crippen molar-refractivity contribution in [1.82, 2.24) is 0 Å². The fourth-order valence-corrected chi connectivity index (χ4v) is 10.3. The number of aliphatic hydroxyl groups excluding tert-OH is 2. The number of carboxylic acids is 1. The quantitative estimate of drug-likeness (QED) is 0.433. The minimum Gasteiger partial charge on any atom is -0.481 e. The molecule has 4 saturated carbocycles. The lowest BCUT2D eigenvalue weighted by molar-refractivity contribution is -0.207. The van der Waals surface area contributed by atoms with Crippen LogP contribution in [-0.4, -0.2) is 33.5 Å². The Hall–Kier alpha value is -0.870. The summed E-state index contributed by atoms with van der Waals surface area (Å²) < 4.78 is 0. The Kier molecular flexibility index (Phi) is 5.13. The second-order valence-electron chi connectivity index (χ2n) is 14.4. The molecule has 0 heterocycles. The van der Waals surface area contributed by atoms with E-state index >= 15 is 0 Å². The Balaban J connectivity index is 1.59. The average Bonchev–Trinajstić information content (AvgIpc) is 2.72. The first-order valence-electron chi connectivity index (χ1n) is 13.5. The maximum atomic E-state index is 12.7. The second-order valence-corrected chi connectivity index (χ2v) is 14.4. The van der Waals surface area contributed by atoms with Gasteiger partial charge in [-0.1, -0.05) is 53.2 Å². The zero-order chi connectivity index (χ0) is 24.2. The van der Waals surface area contributed by atoms with E-state index in [-0.39, 0.29) is 33.5 Å². The van der Waals surface area contributed by atoms with E-state index in [0.29, 0.717) is 18.3 Å². The van der Waals surface area contributed by atoms with Crippen molar-refractivity contribution in [2.45, 2.75) is 112 Å². The minimum absolute atomic E-state index is 0.00325. The summed E-state index contributed by atoms with van der Waals surface area (Å²) >= 11 is 0. The van der Waals surface area contributed by atoms with Crippen LogP contribution in [0.4, 0.5) is 0 Å². The average molecular weight is 459 g/mol. The van der Waals surface area contributed by atoms with E-state index in [9.17, 15) is 20.1 Å². The number of fused-ring (bicyclic) bond motifs is 7. The Bertz CT molecular complexity index is 877. The molecular formula is C29H46O4. The van der Waals surface area contributed by atoms with E-state index < -0.39 is 23.6 Å². The van der Waals surface area contributed by atoms with Crippen molar-refractivity contribution in [3.05, 3.63) is 11.6 Å². The van der Waals surface area contributed by atoms with Crippen LogP contribution in [0.1, 0.15) is 99.3 Å². The van der Waals surface area contributed by atoms with Crippen molar-refractivity contribution >= 4 is 5.97 Å². The Labute approximate surface area is 200 Å². The lowest BCUT2D eigenvalue weighted by atomic mass is 9.34. The predicted octanol–water partition coefficient (Wildman–Crippen LogP) is 5.81. The van der Waals surface area contributed by atoms with Crippen LogP contribution in [0.3, 0.4) is 0 Å². The van der Waals surface area contributed by atoms with Crippen molar-refractivity contribution in [2.24, 2.45) is 50.7 Å². The van der Waals surface area contributed by atoms with Crippen LogP contribution in [0.15, 0.2) is 11.6 Å². The molecular weight excluding hydrogens is 412 g/mol. The summed E-state index contributed by atoms with van der Waals surface area (Å²) in [5.74, 6) is 0.566. The molecule has 4 fully saturated rings. The maximum absolute atomic E-state index is 12.7. The number of aliphatic hydroxyl groups is 2. The molecule has 0 aromatic rings. The van der Waals surface area contributed by atoms with Gasteiger partial charge in [0.05, 0.1) is 17.6 Å². The topological polar surface area (TPSA) is 77.8 Å². The minimum atomic E-state index is -0.646. The number of rotatable bonds is 1. The van der Waals surface area contributed by atoms with Gasteiger partial charge in [0.1, 0.15) is 0 Å². The van der Waals surface area contributed by atoms with Gasteiger partial charge in [-0.15, -0.1) is 0 Å². The molecule has 10 atom stereocenters. The van der Waals surface area contributed by atoms with Crippen LogP contribution >= 0.6 is 0 Å². The van der Waals surface area contributed by atoms with E-state index in [4.69, 9.17) is 0 Å². The van der Waals surface area contributed by atoms with Gasteiger partial charge in [0.2, 0.25) is 0 Å². The Morgan fingerprint density at radius 1 is 0.970 bits per heavy atom. The fraction of sp³-hybridized carbons (Fsp3) is 0.897. The monoisotopic (exact) mass is 458 g/mol. The van der Waals surface area contributed by atoms with Gasteiger partial charge in [-0.3, -0.25) is 4.79 Å². The van der Waals surface area contributed by atoms with Gasteiger partial charge < -0.3 is 15.3 Å². The van der Waals surface area contributed by atoms with Crippen molar-refractivity contribution < 1.29 is 20.1 Å². The standard InChI is InChI=1S/C29H46O4/c1-17-18-9-10-28(6)22(26(18,4)16-21(30)23(17)31)8-7-19-20-15-25(2,3)11-13-29(20,24(32)33)14-12-27(19,28)5/h7,17-18,20-23,30-31H,8-16H2,1-6H3,(H,32,33). The fourth-order valence-electron chi connectivity index (χ4n) is 10.3. The number of aliphatic carboxylic acids is 1. The molecule has 4 nitrogen and oxygen atoms in total. The molecule has 0 saturated heterocycles. The molecule has 10 unspecified atom stereocenters. The van der Waals surface area contributed by atoms with E-state index in [1.807, 2.05) is 0 Å². The SMILES string of the molecule is CC1C(O)C(O)CC2(C)C1CCC1(C)C2CC=C2C3CC(C)(C)CCC3(C(=O)O)CCC21C. The Morgan fingerprint density at radius 2 is 1.64 bits per heavy atom. The molecule has 33 heavy (non-hydrogen) atoms. The molecule has 5 aliphatic rings. The lowest BCUT2D eigenvalue weighted by Gasteiger charge is -2.70. The summed E-state index contributed by atoms with van der Waals surface area (Å²) in [6, 6.07) is 0. The molecule has 0 aliphatic heterocycles. The van der Waals surface area contributed by atoms with Gasteiger partial charge in [0.15, 0.2) is 0 Å². The van der Waals surface area contributed by atoms with Crippen LogP contribution in [0, 0.1) is 50.7 Å². The third kappa shape index (κ3) is 2.92. The normalized spacial score (nSPS) is 55.3. The molecule has 0 bridgehead atoms. The molecule has 0 aromatic heterocycles. The molecule has 4 heteroatoms. The summed E-state index contributed by atoms with van der Waals surface area (Å²) in [7, 11) is 0. The highest BCUT2D eigenvalue weighted by Gasteiger charge is 2.68.